The predicted octanol–water partition coefficient (Wildman–Crippen LogP) is 2.45. The van der Waals surface area contributed by atoms with Gasteiger partial charge in [0.15, 0.2) is 0 Å². The van der Waals surface area contributed by atoms with E-state index < -0.39 is 0 Å². The van der Waals surface area contributed by atoms with E-state index in [2.05, 4.69) is 17.3 Å². The first-order valence-corrected chi connectivity index (χ1v) is 5.19. The first-order valence-electron chi connectivity index (χ1n) is 5.19. The van der Waals surface area contributed by atoms with Crippen molar-refractivity contribution in [3.8, 4) is 0 Å². The van der Waals surface area contributed by atoms with Crippen molar-refractivity contribution in [3.05, 3.63) is 12.4 Å². The number of nitrogens with zero attached hydrogens (tertiary/aromatic N) is 2. The molecular weight excluding hydrogens is 181 g/mol. The minimum Gasteiger partial charge on any atom is -0.383 e. The molecule has 0 amide bonds. The van der Waals surface area contributed by atoms with Crippen molar-refractivity contribution in [1.29, 1.82) is 0 Å². The van der Waals surface area contributed by atoms with E-state index in [1.54, 1.807) is 10.9 Å². The molecule has 14 heavy (non-hydrogen) atoms. The van der Waals surface area contributed by atoms with Crippen LogP contribution in [-0.4, -0.2) is 23.0 Å². The second-order valence-corrected chi connectivity index (χ2v) is 3.31. The molecule has 1 N–H and O–H groups in total. The van der Waals surface area contributed by atoms with Crippen molar-refractivity contribution in [2.45, 2.75) is 32.7 Å². The van der Waals surface area contributed by atoms with E-state index in [1.165, 1.54) is 19.3 Å². The van der Waals surface area contributed by atoms with Crippen LogP contribution in [0.5, 0.6) is 0 Å². The third-order valence-electron chi connectivity index (χ3n) is 2.06. The summed E-state index contributed by atoms with van der Waals surface area (Å²) in [5.74, 6) is 0. The van der Waals surface area contributed by atoms with Gasteiger partial charge in [-0.3, -0.25) is 4.68 Å². The number of halogens is 1. The molecule has 3 nitrogen and oxygen atoms in total. The van der Waals surface area contributed by atoms with Crippen molar-refractivity contribution in [1.82, 2.24) is 9.78 Å². The number of anilines is 1. The molecule has 0 fully saturated rings. The molecule has 0 radical (unpaired) electrons. The molecule has 80 valence electrons. The van der Waals surface area contributed by atoms with Gasteiger partial charge in [-0.15, -0.1) is 0 Å². The van der Waals surface area contributed by atoms with Crippen molar-refractivity contribution in [3.63, 3.8) is 0 Å². The monoisotopic (exact) mass is 199 g/mol. The molecule has 0 aliphatic carbocycles. The fraction of sp³-hybridized carbons (Fsp3) is 0.700. The molecule has 1 aromatic rings. The van der Waals surface area contributed by atoms with Gasteiger partial charge in [0.1, 0.15) is 6.67 Å². The van der Waals surface area contributed by atoms with Gasteiger partial charge in [-0.05, 0) is 6.42 Å². The number of hydrogen-bond donors (Lipinski definition) is 1. The van der Waals surface area contributed by atoms with Gasteiger partial charge in [-0.25, -0.2) is 4.39 Å². The lowest BCUT2D eigenvalue weighted by Gasteiger charge is -2.01. The Kier molecular flexibility index (Phi) is 5.04. The quantitative estimate of drug-likeness (QED) is 0.684. The van der Waals surface area contributed by atoms with E-state index in [0.29, 0.717) is 6.54 Å². The summed E-state index contributed by atoms with van der Waals surface area (Å²) in [6.45, 7) is 3.13. The maximum Gasteiger partial charge on any atom is 0.109 e. The van der Waals surface area contributed by atoms with E-state index in [4.69, 9.17) is 0 Å². The van der Waals surface area contributed by atoms with E-state index in [9.17, 15) is 4.39 Å². The molecule has 0 unspecified atom stereocenters. The summed E-state index contributed by atoms with van der Waals surface area (Å²) < 4.78 is 13.6. The summed E-state index contributed by atoms with van der Waals surface area (Å²) in [5.41, 5.74) is 0.981. The van der Waals surface area contributed by atoms with Crippen LogP contribution >= 0.6 is 0 Å². The Morgan fingerprint density at radius 3 is 3.07 bits per heavy atom. The third kappa shape index (κ3) is 3.77. The first-order chi connectivity index (χ1) is 6.86. The zero-order chi connectivity index (χ0) is 10.2. The van der Waals surface area contributed by atoms with Crippen LogP contribution in [0.25, 0.3) is 0 Å². The highest BCUT2D eigenvalue weighted by molar-refractivity contribution is 5.37. The number of aromatic nitrogens is 2. The lowest BCUT2D eigenvalue weighted by atomic mass is 10.2. The largest absolute Gasteiger partial charge is 0.383 e. The number of alkyl halides is 1. The lowest BCUT2D eigenvalue weighted by molar-refractivity contribution is 0.427. The summed E-state index contributed by atoms with van der Waals surface area (Å²) in [6, 6.07) is 0. The smallest absolute Gasteiger partial charge is 0.109 e. The molecule has 1 rings (SSSR count). The van der Waals surface area contributed by atoms with Gasteiger partial charge in [-0.1, -0.05) is 19.8 Å². The molecule has 0 aliphatic heterocycles. The SMILES string of the molecule is CCCCCNc1cnn(CCF)c1. The van der Waals surface area contributed by atoms with Gasteiger partial charge in [0.25, 0.3) is 0 Å². The van der Waals surface area contributed by atoms with Crippen molar-refractivity contribution in [2.24, 2.45) is 0 Å². The third-order valence-corrected chi connectivity index (χ3v) is 2.06. The fourth-order valence-electron chi connectivity index (χ4n) is 1.27. The van der Waals surface area contributed by atoms with Gasteiger partial charge >= 0.3 is 0 Å². The van der Waals surface area contributed by atoms with Crippen LogP contribution < -0.4 is 5.32 Å². The molecule has 0 aromatic carbocycles. The fourth-order valence-corrected chi connectivity index (χ4v) is 1.27. The van der Waals surface area contributed by atoms with Crippen LogP contribution in [0.4, 0.5) is 10.1 Å². The Bertz CT molecular complexity index is 247. The Labute approximate surface area is 84.3 Å². The number of unbranched alkanes of at least 4 members (excludes halogenated alkanes) is 2. The van der Waals surface area contributed by atoms with Gasteiger partial charge < -0.3 is 5.32 Å². The predicted molar refractivity (Wildman–Crippen MR) is 56.2 cm³/mol. The van der Waals surface area contributed by atoms with Crippen molar-refractivity contribution >= 4 is 5.69 Å². The Morgan fingerprint density at radius 2 is 2.36 bits per heavy atom. The van der Waals surface area contributed by atoms with Gasteiger partial charge in [0.2, 0.25) is 0 Å². The summed E-state index contributed by atoms with van der Waals surface area (Å²) in [4.78, 5) is 0. The van der Waals surface area contributed by atoms with Crippen molar-refractivity contribution < 1.29 is 4.39 Å². The first kappa shape index (κ1) is 11.0. The van der Waals surface area contributed by atoms with E-state index in [-0.39, 0.29) is 6.67 Å². The van der Waals surface area contributed by atoms with Crippen LogP contribution in [0.2, 0.25) is 0 Å². The number of rotatable bonds is 7. The summed E-state index contributed by atoms with van der Waals surface area (Å²) in [7, 11) is 0. The molecule has 4 heteroatoms. The molecule has 0 spiro atoms. The minimum atomic E-state index is -0.364. The number of nitrogens with one attached hydrogen (secondary N) is 1. The van der Waals surface area contributed by atoms with Gasteiger partial charge in [-0.2, -0.15) is 5.10 Å². The molecule has 0 atom stereocenters. The number of aryl methyl sites for hydroxylation is 1. The average Bonchev–Trinajstić information content (AvgIpc) is 2.61. The summed E-state index contributed by atoms with van der Waals surface area (Å²) in [5, 5.41) is 7.27. The van der Waals surface area contributed by atoms with Crippen LogP contribution in [0.1, 0.15) is 26.2 Å². The van der Waals surface area contributed by atoms with Gasteiger partial charge in [0, 0.05) is 12.7 Å². The van der Waals surface area contributed by atoms with Crippen LogP contribution in [-0.2, 0) is 6.54 Å². The maximum atomic E-state index is 12.0. The molecule has 0 bridgehead atoms. The standard InChI is InChI=1S/C10H18FN3/c1-2-3-4-6-12-10-8-13-14(9-10)7-5-11/h8-9,12H,2-7H2,1H3. The zero-order valence-electron chi connectivity index (χ0n) is 8.67. The normalized spacial score (nSPS) is 10.4. The van der Waals surface area contributed by atoms with Crippen LogP contribution in [0, 0.1) is 0 Å². The molecule has 1 heterocycles. The molecule has 0 saturated heterocycles. The highest BCUT2D eigenvalue weighted by Gasteiger charge is 1.96. The minimum absolute atomic E-state index is 0.344. The van der Waals surface area contributed by atoms with E-state index in [1.807, 2.05) is 6.20 Å². The second kappa shape index (κ2) is 6.40. The zero-order valence-corrected chi connectivity index (χ0v) is 8.67. The summed E-state index contributed by atoms with van der Waals surface area (Å²) >= 11 is 0. The Morgan fingerprint density at radius 1 is 1.50 bits per heavy atom. The molecule has 0 saturated carbocycles. The lowest BCUT2D eigenvalue weighted by Crippen LogP contribution is -2.01. The highest BCUT2D eigenvalue weighted by Crippen LogP contribution is 2.05. The maximum absolute atomic E-state index is 12.0. The molecule has 0 aliphatic rings. The van der Waals surface area contributed by atoms with E-state index >= 15 is 0 Å². The van der Waals surface area contributed by atoms with Gasteiger partial charge in [0.05, 0.1) is 18.4 Å². The topological polar surface area (TPSA) is 29.9 Å². The molecule has 1 aromatic heterocycles. The Hall–Kier alpha value is -1.06. The van der Waals surface area contributed by atoms with Crippen LogP contribution in [0.3, 0.4) is 0 Å². The Balaban J connectivity index is 2.22. The molecular formula is C10H18FN3. The van der Waals surface area contributed by atoms with E-state index in [0.717, 1.165) is 12.2 Å². The highest BCUT2D eigenvalue weighted by atomic mass is 19.1. The van der Waals surface area contributed by atoms with Crippen molar-refractivity contribution in [2.75, 3.05) is 18.5 Å². The summed E-state index contributed by atoms with van der Waals surface area (Å²) in [6.07, 6.45) is 7.21. The average molecular weight is 199 g/mol. The second-order valence-electron chi connectivity index (χ2n) is 3.31. The van der Waals surface area contributed by atoms with Crippen LogP contribution in [0.15, 0.2) is 12.4 Å². The number of hydrogen-bond acceptors (Lipinski definition) is 2.